The lowest BCUT2D eigenvalue weighted by Gasteiger charge is -2.06. The number of rotatable bonds is 2. The molecule has 2 rings (SSSR count). The monoisotopic (exact) mass is 243 g/mol. The average Bonchev–Trinajstić information content (AvgIpc) is 2.42. The van der Waals surface area contributed by atoms with Crippen LogP contribution in [-0.4, -0.2) is 0 Å². The number of nitriles is 1. The molecule has 0 bridgehead atoms. The zero-order valence-electron chi connectivity index (χ0n) is 9.87. The average molecular weight is 243 g/mol. The molecule has 0 saturated heterocycles. The van der Waals surface area contributed by atoms with Crippen molar-refractivity contribution in [2.24, 2.45) is 0 Å². The summed E-state index contributed by atoms with van der Waals surface area (Å²) in [4.78, 5) is 0. The van der Waals surface area contributed by atoms with Gasteiger partial charge in [-0.2, -0.15) is 5.26 Å². The van der Waals surface area contributed by atoms with Gasteiger partial charge < -0.3 is 0 Å². The molecule has 1 nitrogen and oxygen atoms in total. The molecule has 0 radical (unpaired) electrons. The first kappa shape index (κ1) is 12.3. The van der Waals surface area contributed by atoms with Crippen LogP contribution in [0.1, 0.15) is 18.1 Å². The van der Waals surface area contributed by atoms with Crippen LogP contribution >= 0.6 is 0 Å². The number of hydrogen-bond acceptors (Lipinski definition) is 1. The lowest BCUT2D eigenvalue weighted by molar-refractivity contribution is 0.509. The van der Waals surface area contributed by atoms with Gasteiger partial charge in [0, 0.05) is 5.56 Å². The van der Waals surface area contributed by atoms with Crippen LogP contribution in [0.15, 0.2) is 36.4 Å². The largest absolute Gasteiger partial charge is 0.203 e. The van der Waals surface area contributed by atoms with E-state index in [4.69, 9.17) is 5.26 Å². The highest BCUT2D eigenvalue weighted by Gasteiger charge is 2.14. The van der Waals surface area contributed by atoms with Gasteiger partial charge in [0.15, 0.2) is 11.6 Å². The van der Waals surface area contributed by atoms with E-state index in [1.807, 2.05) is 19.1 Å². The maximum atomic E-state index is 13.8. The number of benzene rings is 2. The second-order valence-corrected chi connectivity index (χ2v) is 3.95. The van der Waals surface area contributed by atoms with E-state index in [0.717, 1.165) is 12.0 Å². The zero-order chi connectivity index (χ0) is 13.1. The Hall–Kier alpha value is -2.21. The third-order valence-electron chi connectivity index (χ3n) is 2.88. The molecule has 0 aliphatic carbocycles. The van der Waals surface area contributed by atoms with Gasteiger partial charge in [-0.3, -0.25) is 0 Å². The Morgan fingerprint density at radius 3 is 2.22 bits per heavy atom. The molecule has 90 valence electrons. The van der Waals surface area contributed by atoms with E-state index in [2.05, 4.69) is 0 Å². The third-order valence-corrected chi connectivity index (χ3v) is 2.88. The Labute approximate surface area is 104 Å². The van der Waals surface area contributed by atoms with E-state index in [1.165, 1.54) is 12.1 Å². The minimum Gasteiger partial charge on any atom is -0.203 e. The topological polar surface area (TPSA) is 23.8 Å². The first-order valence-corrected chi connectivity index (χ1v) is 5.64. The molecule has 0 saturated carbocycles. The molecule has 0 heterocycles. The molecule has 0 atom stereocenters. The molecule has 2 aromatic carbocycles. The van der Waals surface area contributed by atoms with E-state index in [0.29, 0.717) is 5.56 Å². The van der Waals surface area contributed by atoms with Crippen LogP contribution in [0.2, 0.25) is 0 Å². The molecule has 0 amide bonds. The highest BCUT2D eigenvalue weighted by Crippen LogP contribution is 2.26. The Morgan fingerprint density at radius 1 is 1.00 bits per heavy atom. The molecule has 0 aliphatic heterocycles. The molecule has 0 aliphatic rings. The third kappa shape index (κ3) is 2.10. The maximum absolute atomic E-state index is 13.8. The van der Waals surface area contributed by atoms with Gasteiger partial charge in [-0.15, -0.1) is 0 Å². The van der Waals surface area contributed by atoms with Crippen molar-refractivity contribution in [3.05, 3.63) is 59.2 Å². The number of hydrogen-bond donors (Lipinski definition) is 0. The maximum Gasteiger partial charge on any atom is 0.177 e. The predicted molar refractivity (Wildman–Crippen MR) is 65.9 cm³/mol. The van der Waals surface area contributed by atoms with Crippen LogP contribution in [-0.2, 0) is 6.42 Å². The normalized spacial score (nSPS) is 10.1. The summed E-state index contributed by atoms with van der Waals surface area (Å²) in [6.45, 7) is 2.02. The Bertz CT molecular complexity index is 610. The molecule has 0 N–H and O–H groups in total. The number of nitrogens with zero attached hydrogens (tertiary/aromatic N) is 1. The van der Waals surface area contributed by atoms with Gasteiger partial charge in [0.05, 0.1) is 5.56 Å². The second-order valence-electron chi connectivity index (χ2n) is 3.95. The van der Waals surface area contributed by atoms with Gasteiger partial charge in [-0.05, 0) is 29.7 Å². The van der Waals surface area contributed by atoms with Crippen LogP contribution in [0.4, 0.5) is 8.78 Å². The minimum absolute atomic E-state index is 0.175. The summed E-state index contributed by atoms with van der Waals surface area (Å²) in [6.07, 6.45) is 0.893. The van der Waals surface area contributed by atoms with Crippen molar-refractivity contribution in [3.63, 3.8) is 0 Å². The summed E-state index contributed by atoms with van der Waals surface area (Å²) in [7, 11) is 0. The van der Waals surface area contributed by atoms with Crippen LogP contribution < -0.4 is 0 Å². The van der Waals surface area contributed by atoms with Crippen molar-refractivity contribution in [2.75, 3.05) is 0 Å². The summed E-state index contributed by atoms with van der Waals surface area (Å²) >= 11 is 0. The standard InChI is InChI=1S/C15H11F2N/c1-2-10-3-5-11(6-4-10)13-8-7-12(9-18)14(16)15(13)17/h3-8H,2H2,1H3. The fourth-order valence-electron chi connectivity index (χ4n) is 1.78. The molecule has 0 fully saturated rings. The van der Waals surface area contributed by atoms with Crippen molar-refractivity contribution >= 4 is 0 Å². The summed E-state index contributed by atoms with van der Waals surface area (Å²) in [5, 5.41) is 8.62. The van der Waals surface area contributed by atoms with Crippen LogP contribution in [0, 0.1) is 23.0 Å². The summed E-state index contributed by atoms with van der Waals surface area (Å²) in [6, 6.07) is 11.6. The molecule has 2 aromatic rings. The molecule has 18 heavy (non-hydrogen) atoms. The fraction of sp³-hybridized carbons (Fsp3) is 0.133. The molecule has 3 heteroatoms. The summed E-state index contributed by atoms with van der Waals surface area (Å²) in [5.41, 5.74) is 1.64. The lowest BCUT2D eigenvalue weighted by atomic mass is 10.0. The smallest absolute Gasteiger partial charge is 0.177 e. The molecular weight excluding hydrogens is 232 g/mol. The summed E-state index contributed by atoms with van der Waals surface area (Å²) in [5.74, 6) is -2.06. The van der Waals surface area contributed by atoms with Gasteiger partial charge in [-0.1, -0.05) is 31.2 Å². The Morgan fingerprint density at radius 2 is 1.67 bits per heavy atom. The summed E-state index contributed by atoms with van der Waals surface area (Å²) < 4.78 is 27.3. The van der Waals surface area contributed by atoms with Crippen molar-refractivity contribution in [2.45, 2.75) is 13.3 Å². The Kier molecular flexibility index (Phi) is 3.38. The van der Waals surface area contributed by atoms with Gasteiger partial charge in [0.2, 0.25) is 0 Å². The Balaban J connectivity index is 2.51. The van der Waals surface area contributed by atoms with Crippen LogP contribution in [0.3, 0.4) is 0 Å². The van der Waals surface area contributed by atoms with Gasteiger partial charge >= 0.3 is 0 Å². The van der Waals surface area contributed by atoms with Crippen LogP contribution in [0.25, 0.3) is 11.1 Å². The van der Waals surface area contributed by atoms with Crippen molar-refractivity contribution in [1.82, 2.24) is 0 Å². The van der Waals surface area contributed by atoms with E-state index < -0.39 is 11.6 Å². The number of aryl methyl sites for hydroxylation is 1. The highest BCUT2D eigenvalue weighted by molar-refractivity contribution is 5.65. The predicted octanol–water partition coefficient (Wildman–Crippen LogP) is 4.07. The lowest BCUT2D eigenvalue weighted by Crippen LogP contribution is -1.94. The van der Waals surface area contributed by atoms with Gasteiger partial charge in [0.25, 0.3) is 0 Å². The van der Waals surface area contributed by atoms with Gasteiger partial charge in [0.1, 0.15) is 6.07 Å². The SMILES string of the molecule is CCc1ccc(-c2ccc(C#N)c(F)c2F)cc1. The quantitative estimate of drug-likeness (QED) is 0.780. The minimum atomic E-state index is -1.09. The van der Waals surface area contributed by atoms with Crippen LogP contribution in [0.5, 0.6) is 0 Å². The first-order chi connectivity index (χ1) is 8.67. The highest BCUT2D eigenvalue weighted by atomic mass is 19.2. The number of halogens is 2. The van der Waals surface area contributed by atoms with Crippen molar-refractivity contribution in [1.29, 1.82) is 5.26 Å². The van der Waals surface area contributed by atoms with E-state index in [-0.39, 0.29) is 11.1 Å². The molecule has 0 unspecified atom stereocenters. The zero-order valence-corrected chi connectivity index (χ0v) is 9.87. The van der Waals surface area contributed by atoms with Crippen molar-refractivity contribution in [3.8, 4) is 17.2 Å². The van der Waals surface area contributed by atoms with Gasteiger partial charge in [-0.25, -0.2) is 8.78 Å². The van der Waals surface area contributed by atoms with E-state index in [9.17, 15) is 8.78 Å². The van der Waals surface area contributed by atoms with E-state index in [1.54, 1.807) is 18.2 Å². The fourth-order valence-corrected chi connectivity index (χ4v) is 1.78. The molecule has 0 spiro atoms. The first-order valence-electron chi connectivity index (χ1n) is 5.64. The van der Waals surface area contributed by atoms with Crippen molar-refractivity contribution < 1.29 is 8.78 Å². The van der Waals surface area contributed by atoms with E-state index >= 15 is 0 Å². The second kappa shape index (κ2) is 4.97. The molecular formula is C15H11F2N. The molecule has 0 aromatic heterocycles.